The number of aryl methyl sites for hydroxylation is 1. The maximum Gasteiger partial charge on any atom is 0.280 e. The number of nitrogen functional groups attached to an aromatic ring is 1. The van der Waals surface area contributed by atoms with Crippen LogP contribution in [0.4, 0.5) is 11.5 Å². The van der Waals surface area contributed by atoms with E-state index in [1.54, 1.807) is 19.2 Å². The van der Waals surface area contributed by atoms with E-state index in [0.717, 1.165) is 5.56 Å². The molecule has 0 unspecified atom stereocenters. The highest BCUT2D eigenvalue weighted by atomic mass is 35.5. The average Bonchev–Trinajstić information content (AvgIpc) is 2.65. The first kappa shape index (κ1) is 13.4. The van der Waals surface area contributed by atoms with Gasteiger partial charge in [-0.05, 0) is 18.6 Å². The lowest BCUT2D eigenvalue weighted by Gasteiger charge is -2.03. The van der Waals surface area contributed by atoms with Crippen LogP contribution in [0.5, 0.6) is 0 Å². The van der Waals surface area contributed by atoms with Crippen molar-refractivity contribution in [2.45, 2.75) is 13.3 Å². The van der Waals surface area contributed by atoms with Crippen LogP contribution in [0.25, 0.3) is 11.3 Å². The molecule has 1 aromatic heterocycles. The minimum absolute atomic E-state index is 0.0692. The molecule has 0 saturated carbocycles. The van der Waals surface area contributed by atoms with Gasteiger partial charge in [0.15, 0.2) is 0 Å². The lowest BCUT2D eigenvalue weighted by atomic mass is 10.0. The molecule has 0 saturated heterocycles. The third-order valence-electron chi connectivity index (χ3n) is 2.96. The Bertz CT molecular complexity index is 651. The number of halogens is 1. The first-order chi connectivity index (χ1) is 8.95. The molecule has 0 aliphatic heterocycles. The molecule has 19 heavy (non-hydrogen) atoms. The van der Waals surface area contributed by atoms with Crippen LogP contribution in [0.15, 0.2) is 18.2 Å². The number of benzene rings is 1. The van der Waals surface area contributed by atoms with Crippen molar-refractivity contribution in [1.82, 2.24) is 9.78 Å². The molecule has 0 spiro atoms. The van der Waals surface area contributed by atoms with Gasteiger partial charge in [0.2, 0.25) is 0 Å². The fraction of sp³-hybridized carbons (Fsp3) is 0.250. The summed E-state index contributed by atoms with van der Waals surface area (Å²) >= 11 is 5.80. The highest BCUT2D eigenvalue weighted by Gasteiger charge is 2.22. The van der Waals surface area contributed by atoms with Crippen LogP contribution < -0.4 is 5.73 Å². The van der Waals surface area contributed by atoms with Crippen LogP contribution in [-0.4, -0.2) is 14.7 Å². The number of hydrogen-bond acceptors (Lipinski definition) is 4. The third kappa shape index (κ3) is 2.26. The van der Waals surface area contributed by atoms with E-state index in [1.165, 1.54) is 10.7 Å². The summed E-state index contributed by atoms with van der Waals surface area (Å²) in [6.45, 7) is 1.93. The van der Waals surface area contributed by atoms with Gasteiger partial charge in [-0.3, -0.25) is 14.8 Å². The quantitative estimate of drug-likeness (QED) is 0.692. The summed E-state index contributed by atoms with van der Waals surface area (Å²) in [6.07, 6.45) is 0.648. The number of rotatable bonds is 3. The van der Waals surface area contributed by atoms with Crippen molar-refractivity contribution in [1.29, 1.82) is 0 Å². The molecular formula is C12H13ClN4O2. The molecule has 0 aliphatic carbocycles. The van der Waals surface area contributed by atoms with Crippen molar-refractivity contribution in [2.24, 2.45) is 7.05 Å². The standard InChI is InChI=1S/C12H13ClN4O2/c1-3-8-11(15-16(2)12(8)14)9-5-4-7(13)6-10(9)17(18)19/h4-6H,3,14H2,1-2H3. The Labute approximate surface area is 114 Å². The van der Waals surface area contributed by atoms with Crippen LogP contribution in [0.2, 0.25) is 5.02 Å². The van der Waals surface area contributed by atoms with Crippen LogP contribution in [0, 0.1) is 10.1 Å². The topological polar surface area (TPSA) is 87.0 Å². The first-order valence-corrected chi connectivity index (χ1v) is 6.09. The summed E-state index contributed by atoms with van der Waals surface area (Å²) in [5, 5.41) is 15.7. The van der Waals surface area contributed by atoms with Gasteiger partial charge < -0.3 is 5.73 Å². The summed E-state index contributed by atoms with van der Waals surface area (Å²) in [6, 6.07) is 4.52. The molecule has 100 valence electrons. The fourth-order valence-corrected chi connectivity index (χ4v) is 2.17. The molecule has 2 N–H and O–H groups in total. The van der Waals surface area contributed by atoms with Gasteiger partial charge in [0.25, 0.3) is 5.69 Å². The molecule has 7 heteroatoms. The molecule has 6 nitrogen and oxygen atoms in total. The highest BCUT2D eigenvalue weighted by Crippen LogP contribution is 2.35. The predicted octanol–water partition coefficient (Wildman–Crippen LogP) is 2.79. The Morgan fingerprint density at radius 3 is 2.79 bits per heavy atom. The Morgan fingerprint density at radius 2 is 2.21 bits per heavy atom. The van der Waals surface area contributed by atoms with Crippen molar-refractivity contribution in [2.75, 3.05) is 5.73 Å². The first-order valence-electron chi connectivity index (χ1n) is 5.71. The Kier molecular flexibility index (Phi) is 3.44. The molecular weight excluding hydrogens is 268 g/mol. The number of hydrogen-bond donors (Lipinski definition) is 1. The molecule has 0 atom stereocenters. The van der Waals surface area contributed by atoms with E-state index in [4.69, 9.17) is 17.3 Å². The monoisotopic (exact) mass is 280 g/mol. The third-order valence-corrected chi connectivity index (χ3v) is 3.19. The maximum atomic E-state index is 11.1. The van der Waals surface area contributed by atoms with Crippen LogP contribution in [0.1, 0.15) is 12.5 Å². The van der Waals surface area contributed by atoms with Gasteiger partial charge in [-0.2, -0.15) is 5.10 Å². The predicted molar refractivity (Wildman–Crippen MR) is 74.1 cm³/mol. The van der Waals surface area contributed by atoms with Crippen LogP contribution >= 0.6 is 11.6 Å². The molecule has 1 heterocycles. The normalized spacial score (nSPS) is 10.7. The van der Waals surface area contributed by atoms with Crippen LogP contribution in [0.3, 0.4) is 0 Å². The van der Waals surface area contributed by atoms with Crippen molar-refractivity contribution in [3.05, 3.63) is 38.9 Å². The van der Waals surface area contributed by atoms with Gasteiger partial charge in [0, 0.05) is 23.7 Å². The van der Waals surface area contributed by atoms with Crippen molar-refractivity contribution in [3.63, 3.8) is 0 Å². The van der Waals surface area contributed by atoms with Crippen molar-refractivity contribution >= 4 is 23.1 Å². The summed E-state index contributed by atoms with van der Waals surface area (Å²) in [5.41, 5.74) is 7.60. The number of nitro groups is 1. The van der Waals surface area contributed by atoms with Gasteiger partial charge in [-0.1, -0.05) is 18.5 Å². The van der Waals surface area contributed by atoms with Crippen LogP contribution in [-0.2, 0) is 13.5 Å². The zero-order valence-corrected chi connectivity index (χ0v) is 11.3. The second-order valence-electron chi connectivity index (χ2n) is 4.11. The number of aromatic nitrogens is 2. The van der Waals surface area contributed by atoms with E-state index in [9.17, 15) is 10.1 Å². The minimum atomic E-state index is -0.467. The summed E-state index contributed by atoms with van der Waals surface area (Å²) in [4.78, 5) is 10.7. The molecule has 0 radical (unpaired) electrons. The SMILES string of the molecule is CCc1c(-c2ccc(Cl)cc2[N+](=O)[O-])nn(C)c1N. The van der Waals surface area contributed by atoms with Crippen molar-refractivity contribution < 1.29 is 4.92 Å². The number of nitro benzene ring substituents is 1. The molecule has 1 aromatic carbocycles. The zero-order chi connectivity index (χ0) is 14.2. The largest absolute Gasteiger partial charge is 0.384 e. The lowest BCUT2D eigenvalue weighted by Crippen LogP contribution is -1.98. The lowest BCUT2D eigenvalue weighted by molar-refractivity contribution is -0.384. The second kappa shape index (κ2) is 4.89. The van der Waals surface area contributed by atoms with E-state index < -0.39 is 4.92 Å². The number of nitrogens with two attached hydrogens (primary N) is 1. The average molecular weight is 281 g/mol. The minimum Gasteiger partial charge on any atom is -0.384 e. The van der Waals surface area contributed by atoms with E-state index >= 15 is 0 Å². The van der Waals surface area contributed by atoms with E-state index in [-0.39, 0.29) is 5.69 Å². The zero-order valence-electron chi connectivity index (χ0n) is 10.6. The summed E-state index contributed by atoms with van der Waals surface area (Å²) in [7, 11) is 1.71. The van der Waals surface area contributed by atoms with E-state index in [1.807, 2.05) is 6.92 Å². The summed E-state index contributed by atoms with van der Waals surface area (Å²) < 4.78 is 1.52. The van der Waals surface area contributed by atoms with Crippen molar-refractivity contribution in [3.8, 4) is 11.3 Å². The Hall–Kier alpha value is -2.08. The molecule has 2 aromatic rings. The molecule has 0 amide bonds. The smallest absolute Gasteiger partial charge is 0.280 e. The van der Waals surface area contributed by atoms with Gasteiger partial charge >= 0.3 is 0 Å². The summed E-state index contributed by atoms with van der Waals surface area (Å²) in [5.74, 6) is 0.516. The Morgan fingerprint density at radius 1 is 1.53 bits per heavy atom. The fourth-order valence-electron chi connectivity index (χ4n) is 2.00. The molecule has 2 rings (SSSR count). The number of nitrogens with zero attached hydrogens (tertiary/aromatic N) is 3. The highest BCUT2D eigenvalue weighted by molar-refractivity contribution is 6.30. The van der Waals surface area contributed by atoms with E-state index in [0.29, 0.717) is 28.5 Å². The molecule has 0 fully saturated rings. The van der Waals surface area contributed by atoms with Gasteiger partial charge in [-0.15, -0.1) is 0 Å². The molecule has 0 bridgehead atoms. The number of anilines is 1. The Balaban J connectivity index is 2.72. The van der Waals surface area contributed by atoms with Gasteiger partial charge in [-0.25, -0.2) is 0 Å². The molecule has 0 aliphatic rings. The van der Waals surface area contributed by atoms with Gasteiger partial charge in [0.1, 0.15) is 11.5 Å². The second-order valence-corrected chi connectivity index (χ2v) is 4.54. The van der Waals surface area contributed by atoms with E-state index in [2.05, 4.69) is 5.10 Å². The van der Waals surface area contributed by atoms with Gasteiger partial charge in [0.05, 0.1) is 10.5 Å². The maximum absolute atomic E-state index is 11.1.